The van der Waals surface area contributed by atoms with Crippen molar-refractivity contribution in [3.8, 4) is 0 Å². The third-order valence-electron chi connectivity index (χ3n) is 6.02. The molecule has 0 bridgehead atoms. The molecule has 1 N–H and O–H groups in total. The highest BCUT2D eigenvalue weighted by Crippen LogP contribution is 2.31. The molecule has 3 aromatic rings. The van der Waals surface area contributed by atoms with Crippen molar-refractivity contribution in [3.05, 3.63) is 40.9 Å². The third kappa shape index (κ3) is 3.37. The van der Waals surface area contributed by atoms with E-state index in [1.54, 1.807) is 17.8 Å². The van der Waals surface area contributed by atoms with E-state index in [1.807, 2.05) is 16.7 Å². The molecule has 2 fully saturated rings. The topological polar surface area (TPSA) is 77.2 Å². The Morgan fingerprint density at radius 2 is 1.83 bits per heavy atom. The monoisotopic (exact) mass is 394 g/mol. The van der Waals surface area contributed by atoms with Crippen LogP contribution in [0.4, 0.5) is 17.3 Å². The number of nitrogens with zero attached hydrogens (tertiary/aromatic N) is 5. The van der Waals surface area contributed by atoms with Gasteiger partial charge in [0.15, 0.2) is 5.65 Å². The molecule has 3 heterocycles. The Labute approximate surface area is 169 Å². The van der Waals surface area contributed by atoms with E-state index in [0.29, 0.717) is 11.6 Å². The van der Waals surface area contributed by atoms with Crippen molar-refractivity contribution < 1.29 is 4.74 Å². The van der Waals surface area contributed by atoms with Gasteiger partial charge in [-0.25, -0.2) is 9.78 Å². The Bertz CT molecular complexity index is 1060. The van der Waals surface area contributed by atoms with Crippen LogP contribution in [0.3, 0.4) is 0 Å². The van der Waals surface area contributed by atoms with Crippen LogP contribution in [0.5, 0.6) is 0 Å². The Kier molecular flexibility index (Phi) is 4.71. The van der Waals surface area contributed by atoms with Crippen molar-refractivity contribution in [2.24, 2.45) is 7.05 Å². The van der Waals surface area contributed by atoms with Gasteiger partial charge in [-0.05, 0) is 37.1 Å². The van der Waals surface area contributed by atoms with Gasteiger partial charge in [-0.15, -0.1) is 0 Å². The van der Waals surface area contributed by atoms with Gasteiger partial charge in [0.05, 0.1) is 19.4 Å². The summed E-state index contributed by atoms with van der Waals surface area (Å²) in [7, 11) is 1.79. The Hall–Kier alpha value is -2.87. The van der Waals surface area contributed by atoms with E-state index < -0.39 is 0 Å². The average Bonchev–Trinajstić information content (AvgIpc) is 3.36. The Morgan fingerprint density at radius 1 is 1.10 bits per heavy atom. The fraction of sp³-hybridized carbons (Fsp3) is 0.476. The number of aromatic nitrogens is 4. The molecule has 152 valence electrons. The number of hydrogen-bond donors (Lipinski definition) is 1. The SMILES string of the molecule is Cn1c(=O)n(C2CCCC2)c2nc(Nc3ccc(N4CCOCC4)cc3)ncc21. The minimum Gasteiger partial charge on any atom is -0.378 e. The van der Waals surface area contributed by atoms with Crippen LogP contribution in [0.1, 0.15) is 31.7 Å². The number of morpholine rings is 1. The van der Waals surface area contributed by atoms with Gasteiger partial charge in [0.1, 0.15) is 5.52 Å². The van der Waals surface area contributed by atoms with E-state index in [4.69, 9.17) is 9.72 Å². The lowest BCUT2D eigenvalue weighted by atomic mass is 10.2. The summed E-state index contributed by atoms with van der Waals surface area (Å²) in [4.78, 5) is 24.2. The highest BCUT2D eigenvalue weighted by atomic mass is 16.5. The fourth-order valence-corrected chi connectivity index (χ4v) is 4.39. The molecular weight excluding hydrogens is 368 g/mol. The van der Waals surface area contributed by atoms with Crippen molar-refractivity contribution >= 4 is 28.5 Å². The molecule has 0 spiro atoms. The number of imidazole rings is 1. The molecule has 0 amide bonds. The quantitative estimate of drug-likeness (QED) is 0.733. The number of nitrogens with one attached hydrogen (secondary N) is 1. The summed E-state index contributed by atoms with van der Waals surface area (Å²) in [5, 5.41) is 3.28. The van der Waals surface area contributed by atoms with Gasteiger partial charge in [0.2, 0.25) is 5.95 Å². The van der Waals surface area contributed by atoms with Gasteiger partial charge < -0.3 is 15.0 Å². The Balaban J connectivity index is 1.42. The van der Waals surface area contributed by atoms with E-state index >= 15 is 0 Å². The number of fused-ring (bicyclic) bond motifs is 1. The minimum atomic E-state index is -0.00628. The molecule has 0 unspecified atom stereocenters. The largest absolute Gasteiger partial charge is 0.378 e. The number of benzene rings is 1. The van der Waals surface area contributed by atoms with Crippen LogP contribution in [0.2, 0.25) is 0 Å². The van der Waals surface area contributed by atoms with Crippen molar-refractivity contribution in [2.45, 2.75) is 31.7 Å². The first-order chi connectivity index (χ1) is 14.2. The zero-order valence-electron chi connectivity index (χ0n) is 16.7. The standard InChI is InChI=1S/C21H26N6O2/c1-25-18-14-22-20(24-19(18)27(21(25)28)17-4-2-3-5-17)23-15-6-8-16(9-7-15)26-10-12-29-13-11-26/h6-9,14,17H,2-5,10-13H2,1H3,(H,22,23,24). The summed E-state index contributed by atoms with van der Waals surface area (Å²) in [5.41, 5.74) is 3.59. The molecule has 0 radical (unpaired) electrons. The highest BCUT2D eigenvalue weighted by molar-refractivity contribution is 5.73. The van der Waals surface area contributed by atoms with Crippen LogP contribution in [0.15, 0.2) is 35.3 Å². The average molecular weight is 394 g/mol. The van der Waals surface area contributed by atoms with Gasteiger partial charge in [0.25, 0.3) is 0 Å². The number of ether oxygens (including phenoxy) is 1. The number of hydrogen-bond acceptors (Lipinski definition) is 6. The predicted molar refractivity (Wildman–Crippen MR) is 113 cm³/mol. The summed E-state index contributed by atoms with van der Waals surface area (Å²) >= 11 is 0. The van der Waals surface area contributed by atoms with Crippen LogP contribution in [0.25, 0.3) is 11.2 Å². The van der Waals surface area contributed by atoms with E-state index in [9.17, 15) is 4.79 Å². The van der Waals surface area contributed by atoms with E-state index in [-0.39, 0.29) is 11.7 Å². The second kappa shape index (κ2) is 7.51. The maximum Gasteiger partial charge on any atom is 0.330 e. The van der Waals surface area contributed by atoms with Crippen LogP contribution < -0.4 is 15.9 Å². The maximum atomic E-state index is 12.8. The molecule has 1 aliphatic carbocycles. The molecule has 1 aliphatic heterocycles. The molecule has 0 atom stereocenters. The van der Waals surface area contributed by atoms with E-state index in [2.05, 4.69) is 27.3 Å². The Morgan fingerprint density at radius 3 is 2.55 bits per heavy atom. The summed E-state index contributed by atoms with van der Waals surface area (Å²) < 4.78 is 8.92. The minimum absolute atomic E-state index is 0.00628. The highest BCUT2D eigenvalue weighted by Gasteiger charge is 2.24. The molecule has 8 nitrogen and oxygen atoms in total. The van der Waals surface area contributed by atoms with Gasteiger partial charge in [-0.2, -0.15) is 4.98 Å². The fourth-order valence-electron chi connectivity index (χ4n) is 4.39. The zero-order valence-corrected chi connectivity index (χ0v) is 16.7. The summed E-state index contributed by atoms with van der Waals surface area (Å²) in [6, 6.07) is 8.51. The van der Waals surface area contributed by atoms with Gasteiger partial charge in [-0.1, -0.05) is 12.8 Å². The van der Waals surface area contributed by atoms with Crippen LogP contribution in [-0.4, -0.2) is 45.4 Å². The maximum absolute atomic E-state index is 12.8. The lowest BCUT2D eigenvalue weighted by molar-refractivity contribution is 0.122. The van der Waals surface area contributed by atoms with E-state index in [1.165, 1.54) is 18.5 Å². The summed E-state index contributed by atoms with van der Waals surface area (Å²) in [5.74, 6) is 0.508. The third-order valence-corrected chi connectivity index (χ3v) is 6.02. The van der Waals surface area contributed by atoms with Crippen LogP contribution in [0, 0.1) is 0 Å². The molecule has 29 heavy (non-hydrogen) atoms. The molecule has 2 aliphatic rings. The van der Waals surface area contributed by atoms with Crippen molar-refractivity contribution in [2.75, 3.05) is 36.5 Å². The zero-order chi connectivity index (χ0) is 19.8. The predicted octanol–water partition coefficient (Wildman–Crippen LogP) is 2.83. The lowest BCUT2D eigenvalue weighted by Gasteiger charge is -2.28. The molecule has 1 saturated carbocycles. The van der Waals surface area contributed by atoms with Crippen molar-refractivity contribution in [1.82, 2.24) is 19.1 Å². The first kappa shape index (κ1) is 18.2. The molecule has 1 saturated heterocycles. The number of anilines is 3. The molecule has 8 heteroatoms. The lowest BCUT2D eigenvalue weighted by Crippen LogP contribution is -2.36. The van der Waals surface area contributed by atoms with Crippen LogP contribution in [-0.2, 0) is 11.8 Å². The van der Waals surface area contributed by atoms with E-state index in [0.717, 1.165) is 50.3 Å². The normalized spacial score (nSPS) is 17.9. The second-order valence-corrected chi connectivity index (χ2v) is 7.82. The second-order valence-electron chi connectivity index (χ2n) is 7.82. The first-order valence-corrected chi connectivity index (χ1v) is 10.3. The molecular formula is C21H26N6O2. The van der Waals surface area contributed by atoms with Gasteiger partial charge in [0, 0.05) is 37.6 Å². The number of aryl methyl sites for hydroxylation is 1. The summed E-state index contributed by atoms with van der Waals surface area (Å²) in [6.45, 7) is 3.37. The summed E-state index contributed by atoms with van der Waals surface area (Å²) in [6.07, 6.45) is 6.14. The van der Waals surface area contributed by atoms with Crippen molar-refractivity contribution in [1.29, 1.82) is 0 Å². The van der Waals surface area contributed by atoms with Crippen LogP contribution >= 0.6 is 0 Å². The molecule has 2 aromatic heterocycles. The smallest absolute Gasteiger partial charge is 0.330 e. The van der Waals surface area contributed by atoms with Gasteiger partial charge >= 0.3 is 5.69 Å². The van der Waals surface area contributed by atoms with Crippen molar-refractivity contribution in [3.63, 3.8) is 0 Å². The first-order valence-electron chi connectivity index (χ1n) is 10.3. The number of rotatable bonds is 4. The molecule has 1 aromatic carbocycles. The van der Waals surface area contributed by atoms with Gasteiger partial charge in [-0.3, -0.25) is 9.13 Å². The molecule has 5 rings (SSSR count).